The van der Waals surface area contributed by atoms with Crippen LogP contribution in [0.15, 0.2) is 60.7 Å². The molecule has 3 N–H and O–H groups in total. The van der Waals surface area contributed by atoms with Gasteiger partial charge >= 0.3 is 0 Å². The molecule has 0 aliphatic carbocycles. The molecule has 0 bridgehead atoms. The predicted octanol–water partition coefficient (Wildman–Crippen LogP) is 2.98. The van der Waals surface area contributed by atoms with Crippen molar-refractivity contribution in [1.82, 2.24) is 20.7 Å². The lowest BCUT2D eigenvalue weighted by molar-refractivity contribution is -0.121. The second-order valence-corrected chi connectivity index (χ2v) is 7.28. The van der Waals surface area contributed by atoms with Crippen LogP contribution in [-0.4, -0.2) is 28.8 Å². The molecule has 7 heteroatoms. The quantitative estimate of drug-likeness (QED) is 0.538. The van der Waals surface area contributed by atoms with Crippen LogP contribution in [0.3, 0.4) is 0 Å². The number of aromatic nitrogens is 1. The van der Waals surface area contributed by atoms with Crippen molar-refractivity contribution in [2.75, 3.05) is 6.54 Å². The SMILES string of the molecule is Cc1ccccc1C(=O)NCCC(=O)NNC(=O)c1cc(C)n(-c2ccccc2)c1C. The van der Waals surface area contributed by atoms with Crippen molar-refractivity contribution in [2.45, 2.75) is 27.2 Å². The minimum absolute atomic E-state index is 0.0426. The van der Waals surface area contributed by atoms with Crippen LogP contribution in [0.5, 0.6) is 0 Å². The summed E-state index contributed by atoms with van der Waals surface area (Å²) in [6.07, 6.45) is 0.0426. The van der Waals surface area contributed by atoms with Gasteiger partial charge in [0.2, 0.25) is 5.91 Å². The molecule has 0 unspecified atom stereocenters. The fraction of sp³-hybridized carbons (Fsp3) is 0.208. The summed E-state index contributed by atoms with van der Waals surface area (Å²) in [6.45, 7) is 5.80. The molecule has 0 aliphatic heterocycles. The van der Waals surface area contributed by atoms with E-state index in [2.05, 4.69) is 16.2 Å². The van der Waals surface area contributed by atoms with E-state index < -0.39 is 11.8 Å². The molecule has 2 aromatic carbocycles. The summed E-state index contributed by atoms with van der Waals surface area (Å²) in [5.74, 6) is -1.02. The fourth-order valence-corrected chi connectivity index (χ4v) is 3.44. The van der Waals surface area contributed by atoms with E-state index in [0.29, 0.717) is 11.1 Å². The van der Waals surface area contributed by atoms with E-state index in [0.717, 1.165) is 22.6 Å². The van der Waals surface area contributed by atoms with E-state index in [1.165, 1.54) is 0 Å². The Balaban J connectivity index is 1.51. The Bertz CT molecular complexity index is 1100. The Morgan fingerprint density at radius 2 is 1.48 bits per heavy atom. The Kier molecular flexibility index (Phi) is 6.87. The summed E-state index contributed by atoms with van der Waals surface area (Å²) in [5, 5.41) is 2.71. The van der Waals surface area contributed by atoms with Crippen LogP contribution >= 0.6 is 0 Å². The lowest BCUT2D eigenvalue weighted by Crippen LogP contribution is -2.43. The van der Waals surface area contributed by atoms with Crippen LogP contribution in [0.2, 0.25) is 0 Å². The number of carbonyl (C=O) groups is 3. The number of hydrogen-bond acceptors (Lipinski definition) is 3. The fourth-order valence-electron chi connectivity index (χ4n) is 3.44. The van der Waals surface area contributed by atoms with Gasteiger partial charge in [0.15, 0.2) is 0 Å². The van der Waals surface area contributed by atoms with Crippen LogP contribution < -0.4 is 16.2 Å². The molecule has 7 nitrogen and oxygen atoms in total. The minimum atomic E-state index is -0.396. The molecular formula is C24H26N4O3. The molecule has 160 valence electrons. The highest BCUT2D eigenvalue weighted by atomic mass is 16.2. The normalized spacial score (nSPS) is 10.4. The lowest BCUT2D eigenvalue weighted by Gasteiger charge is -2.11. The van der Waals surface area contributed by atoms with E-state index >= 15 is 0 Å². The molecule has 0 saturated carbocycles. The number of nitrogens with one attached hydrogen (secondary N) is 3. The zero-order valence-corrected chi connectivity index (χ0v) is 17.9. The van der Waals surface area contributed by atoms with Crippen molar-refractivity contribution in [1.29, 1.82) is 0 Å². The van der Waals surface area contributed by atoms with E-state index in [4.69, 9.17) is 0 Å². The molecule has 31 heavy (non-hydrogen) atoms. The van der Waals surface area contributed by atoms with E-state index in [-0.39, 0.29) is 18.9 Å². The van der Waals surface area contributed by atoms with E-state index in [1.807, 2.05) is 67.8 Å². The number of nitrogens with zero attached hydrogens (tertiary/aromatic N) is 1. The Labute approximate surface area is 181 Å². The maximum atomic E-state index is 12.6. The van der Waals surface area contributed by atoms with Gasteiger partial charge in [-0.05, 0) is 50.6 Å². The molecule has 1 aromatic heterocycles. The second-order valence-electron chi connectivity index (χ2n) is 7.28. The van der Waals surface area contributed by atoms with Crippen molar-refractivity contribution < 1.29 is 14.4 Å². The van der Waals surface area contributed by atoms with Crippen molar-refractivity contribution >= 4 is 17.7 Å². The summed E-state index contributed by atoms with van der Waals surface area (Å²) in [6, 6.07) is 18.8. The third-order valence-corrected chi connectivity index (χ3v) is 5.03. The number of hydrazine groups is 1. The zero-order chi connectivity index (χ0) is 22.4. The molecule has 0 saturated heterocycles. The van der Waals surface area contributed by atoms with Gasteiger partial charge in [-0.3, -0.25) is 25.2 Å². The highest BCUT2D eigenvalue weighted by Crippen LogP contribution is 2.20. The first kappa shape index (κ1) is 21.8. The highest BCUT2D eigenvalue weighted by Gasteiger charge is 2.17. The van der Waals surface area contributed by atoms with Crippen LogP contribution in [0.4, 0.5) is 0 Å². The molecular weight excluding hydrogens is 392 g/mol. The summed E-state index contributed by atoms with van der Waals surface area (Å²) in [5.41, 5.74) is 9.43. The van der Waals surface area contributed by atoms with Gasteiger partial charge in [-0.1, -0.05) is 36.4 Å². The molecule has 3 amide bonds. The largest absolute Gasteiger partial charge is 0.352 e. The zero-order valence-electron chi connectivity index (χ0n) is 17.9. The smallest absolute Gasteiger partial charge is 0.271 e. The predicted molar refractivity (Wildman–Crippen MR) is 119 cm³/mol. The highest BCUT2D eigenvalue weighted by molar-refractivity contribution is 5.97. The maximum Gasteiger partial charge on any atom is 0.271 e. The van der Waals surface area contributed by atoms with Gasteiger partial charge < -0.3 is 9.88 Å². The summed E-state index contributed by atoms with van der Waals surface area (Å²) >= 11 is 0. The number of amides is 3. The molecule has 0 radical (unpaired) electrons. The molecule has 3 rings (SSSR count). The first-order chi connectivity index (χ1) is 14.9. The lowest BCUT2D eigenvalue weighted by atomic mass is 10.1. The third kappa shape index (κ3) is 5.19. The van der Waals surface area contributed by atoms with Gasteiger partial charge in [0, 0.05) is 35.6 Å². The number of rotatable bonds is 6. The topological polar surface area (TPSA) is 92.2 Å². The molecule has 3 aromatic rings. The van der Waals surface area contributed by atoms with Crippen LogP contribution in [-0.2, 0) is 4.79 Å². The van der Waals surface area contributed by atoms with Crippen molar-refractivity contribution in [3.05, 3.63) is 88.7 Å². The Morgan fingerprint density at radius 1 is 0.806 bits per heavy atom. The standard InChI is InChI=1S/C24H26N4O3/c1-16-9-7-8-12-20(16)23(30)25-14-13-22(29)26-27-24(31)21-15-17(2)28(18(21)3)19-10-5-4-6-11-19/h4-12,15H,13-14H2,1-3H3,(H,25,30)(H,26,29)(H,27,31). The first-order valence-corrected chi connectivity index (χ1v) is 10.1. The second kappa shape index (κ2) is 9.75. The van der Waals surface area contributed by atoms with Gasteiger partial charge in [0.1, 0.15) is 0 Å². The third-order valence-electron chi connectivity index (χ3n) is 5.03. The Morgan fingerprint density at radius 3 is 2.19 bits per heavy atom. The van der Waals surface area contributed by atoms with Gasteiger partial charge in [-0.25, -0.2) is 0 Å². The molecule has 0 atom stereocenters. The molecule has 0 spiro atoms. The number of hydrogen-bond donors (Lipinski definition) is 3. The van der Waals surface area contributed by atoms with Crippen molar-refractivity contribution in [2.24, 2.45) is 0 Å². The van der Waals surface area contributed by atoms with E-state index in [1.54, 1.807) is 18.2 Å². The van der Waals surface area contributed by atoms with Gasteiger partial charge in [0.25, 0.3) is 11.8 Å². The summed E-state index contributed by atoms with van der Waals surface area (Å²) in [4.78, 5) is 36.8. The number of para-hydroxylation sites is 1. The van der Waals surface area contributed by atoms with Gasteiger partial charge in [-0.2, -0.15) is 0 Å². The van der Waals surface area contributed by atoms with Gasteiger partial charge in [-0.15, -0.1) is 0 Å². The maximum absolute atomic E-state index is 12.6. The first-order valence-electron chi connectivity index (χ1n) is 10.1. The van der Waals surface area contributed by atoms with Crippen LogP contribution in [0.25, 0.3) is 5.69 Å². The average molecular weight is 418 g/mol. The minimum Gasteiger partial charge on any atom is -0.352 e. The molecule has 0 fully saturated rings. The van der Waals surface area contributed by atoms with Gasteiger partial charge in [0.05, 0.1) is 5.56 Å². The number of benzene rings is 2. The summed E-state index contributed by atoms with van der Waals surface area (Å²) < 4.78 is 1.98. The van der Waals surface area contributed by atoms with Crippen LogP contribution in [0.1, 0.15) is 44.1 Å². The summed E-state index contributed by atoms with van der Waals surface area (Å²) in [7, 11) is 0. The molecule has 1 heterocycles. The van der Waals surface area contributed by atoms with Crippen molar-refractivity contribution in [3.8, 4) is 5.69 Å². The monoisotopic (exact) mass is 418 g/mol. The average Bonchev–Trinajstić information content (AvgIpc) is 3.06. The number of carbonyl (C=O) groups excluding carboxylic acids is 3. The van der Waals surface area contributed by atoms with Crippen molar-refractivity contribution in [3.63, 3.8) is 0 Å². The Hall–Kier alpha value is -3.87. The molecule has 0 aliphatic rings. The van der Waals surface area contributed by atoms with Crippen LogP contribution in [0, 0.1) is 20.8 Å². The number of aryl methyl sites for hydroxylation is 2. The van der Waals surface area contributed by atoms with E-state index in [9.17, 15) is 14.4 Å².